The van der Waals surface area contributed by atoms with Crippen molar-refractivity contribution in [2.75, 3.05) is 33.0 Å². The molecule has 0 aromatic carbocycles. The molecular weight excluding hydrogens is 184 g/mol. The predicted molar refractivity (Wildman–Crippen MR) is 53.2 cm³/mol. The molecule has 0 unspecified atom stereocenters. The summed E-state index contributed by atoms with van der Waals surface area (Å²) in [6, 6.07) is 0. The number of hydrogen-bond acceptors (Lipinski definition) is 4. The molecule has 0 aliphatic rings. The summed E-state index contributed by atoms with van der Waals surface area (Å²) in [7, 11) is 0. The van der Waals surface area contributed by atoms with Crippen LogP contribution in [-0.2, 0) is 19.0 Å². The van der Waals surface area contributed by atoms with Crippen LogP contribution < -0.4 is 0 Å². The van der Waals surface area contributed by atoms with E-state index in [2.05, 4.69) is 0 Å². The number of esters is 1. The van der Waals surface area contributed by atoms with E-state index in [9.17, 15) is 4.79 Å². The van der Waals surface area contributed by atoms with Crippen LogP contribution in [0.4, 0.5) is 0 Å². The minimum Gasteiger partial charge on any atom is -0.464 e. The Balaban J connectivity index is 3.01. The molecule has 0 radical (unpaired) electrons. The second kappa shape index (κ2) is 10.5. The Hall–Kier alpha value is -0.610. The van der Waals surface area contributed by atoms with Gasteiger partial charge in [-0.25, -0.2) is 4.79 Å². The minimum atomic E-state index is -0.294. The summed E-state index contributed by atoms with van der Waals surface area (Å²) >= 11 is 0. The predicted octanol–water partition coefficient (Wildman–Crippen LogP) is 1.38. The molecule has 4 nitrogen and oxygen atoms in total. The van der Waals surface area contributed by atoms with E-state index >= 15 is 0 Å². The lowest BCUT2D eigenvalue weighted by Crippen LogP contribution is -2.13. The molecule has 4 heteroatoms. The molecule has 0 aliphatic heterocycles. The van der Waals surface area contributed by atoms with Crippen molar-refractivity contribution in [2.45, 2.75) is 26.7 Å². The highest BCUT2D eigenvalue weighted by atomic mass is 16.6. The Kier molecular flexibility index (Phi) is 10.0. The quantitative estimate of drug-likeness (QED) is 0.420. The number of hydrogen-bond donors (Lipinski definition) is 0. The van der Waals surface area contributed by atoms with E-state index in [0.29, 0.717) is 13.2 Å². The van der Waals surface area contributed by atoms with Crippen LogP contribution in [0.5, 0.6) is 0 Å². The highest BCUT2D eigenvalue weighted by Gasteiger charge is 2.00. The second-order valence-corrected chi connectivity index (χ2v) is 2.76. The normalized spacial score (nSPS) is 10.1. The van der Waals surface area contributed by atoms with Crippen LogP contribution >= 0.6 is 0 Å². The minimum absolute atomic E-state index is 0.0580. The summed E-state index contributed by atoms with van der Waals surface area (Å²) in [4.78, 5) is 10.8. The van der Waals surface area contributed by atoms with E-state index in [1.54, 1.807) is 6.92 Å². The Morgan fingerprint density at radius 2 is 1.64 bits per heavy atom. The average Bonchev–Trinajstić information content (AvgIpc) is 2.17. The summed E-state index contributed by atoms with van der Waals surface area (Å²) in [5.41, 5.74) is 0. The molecule has 0 aromatic rings. The molecule has 0 saturated heterocycles. The SMILES string of the molecule is CCOCCCCOCC(=O)OCC. The Labute approximate surface area is 85.5 Å². The number of unbranched alkanes of at least 4 members (excludes halogenated alkanes) is 1. The molecular formula is C10H20O4. The first-order valence-electron chi connectivity index (χ1n) is 5.12. The standard InChI is InChI=1S/C10H20O4/c1-3-12-7-5-6-8-13-9-10(11)14-4-2/h3-9H2,1-2H3. The van der Waals surface area contributed by atoms with Gasteiger partial charge in [-0.05, 0) is 26.7 Å². The van der Waals surface area contributed by atoms with Crippen LogP contribution in [0.3, 0.4) is 0 Å². The smallest absolute Gasteiger partial charge is 0.332 e. The second-order valence-electron chi connectivity index (χ2n) is 2.76. The number of carbonyl (C=O) groups excluding carboxylic acids is 1. The highest BCUT2D eigenvalue weighted by molar-refractivity contribution is 5.70. The zero-order chi connectivity index (χ0) is 10.6. The van der Waals surface area contributed by atoms with Crippen LogP contribution in [0.1, 0.15) is 26.7 Å². The number of rotatable bonds is 9. The first kappa shape index (κ1) is 13.4. The van der Waals surface area contributed by atoms with Gasteiger partial charge in [0.15, 0.2) is 0 Å². The Morgan fingerprint density at radius 1 is 1.00 bits per heavy atom. The van der Waals surface area contributed by atoms with E-state index in [1.165, 1.54) is 0 Å². The summed E-state index contributed by atoms with van der Waals surface area (Å²) in [6.45, 7) is 6.32. The van der Waals surface area contributed by atoms with Gasteiger partial charge in [-0.15, -0.1) is 0 Å². The molecule has 84 valence electrons. The first-order chi connectivity index (χ1) is 6.81. The Bertz CT molecular complexity index is 136. The van der Waals surface area contributed by atoms with E-state index in [4.69, 9.17) is 14.2 Å². The van der Waals surface area contributed by atoms with E-state index in [1.807, 2.05) is 6.92 Å². The van der Waals surface area contributed by atoms with Gasteiger partial charge in [0.05, 0.1) is 6.61 Å². The lowest BCUT2D eigenvalue weighted by atomic mass is 10.3. The topological polar surface area (TPSA) is 44.8 Å². The van der Waals surface area contributed by atoms with Crippen molar-refractivity contribution in [3.63, 3.8) is 0 Å². The van der Waals surface area contributed by atoms with Gasteiger partial charge in [0.25, 0.3) is 0 Å². The van der Waals surface area contributed by atoms with Gasteiger partial charge in [0.2, 0.25) is 0 Å². The lowest BCUT2D eigenvalue weighted by molar-refractivity contribution is -0.148. The maximum absolute atomic E-state index is 10.8. The third kappa shape index (κ3) is 9.48. The van der Waals surface area contributed by atoms with Gasteiger partial charge in [-0.3, -0.25) is 0 Å². The van der Waals surface area contributed by atoms with E-state index in [-0.39, 0.29) is 12.6 Å². The van der Waals surface area contributed by atoms with Gasteiger partial charge in [-0.2, -0.15) is 0 Å². The van der Waals surface area contributed by atoms with Crippen LogP contribution in [0.25, 0.3) is 0 Å². The van der Waals surface area contributed by atoms with Crippen molar-refractivity contribution in [3.05, 3.63) is 0 Å². The fraction of sp³-hybridized carbons (Fsp3) is 0.900. The van der Waals surface area contributed by atoms with Crippen molar-refractivity contribution >= 4 is 5.97 Å². The molecule has 0 N–H and O–H groups in total. The van der Waals surface area contributed by atoms with Crippen LogP contribution in [0.15, 0.2) is 0 Å². The molecule has 0 rings (SSSR count). The van der Waals surface area contributed by atoms with Gasteiger partial charge in [0.1, 0.15) is 6.61 Å². The zero-order valence-corrected chi connectivity index (χ0v) is 9.08. The first-order valence-corrected chi connectivity index (χ1v) is 5.12. The third-order valence-corrected chi connectivity index (χ3v) is 1.56. The fourth-order valence-electron chi connectivity index (χ4n) is 0.911. The van der Waals surface area contributed by atoms with Gasteiger partial charge in [0, 0.05) is 19.8 Å². The molecule has 0 saturated carbocycles. The molecule has 0 spiro atoms. The molecule has 0 atom stereocenters. The molecule has 0 bridgehead atoms. The van der Waals surface area contributed by atoms with Gasteiger partial charge >= 0.3 is 5.97 Å². The van der Waals surface area contributed by atoms with Gasteiger partial charge in [-0.1, -0.05) is 0 Å². The number of ether oxygens (including phenoxy) is 3. The molecule has 0 aliphatic carbocycles. The summed E-state index contributed by atoms with van der Waals surface area (Å²) in [6.07, 6.45) is 1.88. The van der Waals surface area contributed by atoms with Crippen molar-refractivity contribution < 1.29 is 19.0 Å². The van der Waals surface area contributed by atoms with Crippen molar-refractivity contribution in [2.24, 2.45) is 0 Å². The monoisotopic (exact) mass is 204 g/mol. The van der Waals surface area contributed by atoms with E-state index < -0.39 is 0 Å². The Morgan fingerprint density at radius 3 is 2.21 bits per heavy atom. The molecule has 0 heterocycles. The average molecular weight is 204 g/mol. The zero-order valence-electron chi connectivity index (χ0n) is 9.08. The van der Waals surface area contributed by atoms with Crippen molar-refractivity contribution in [1.82, 2.24) is 0 Å². The highest BCUT2D eigenvalue weighted by Crippen LogP contribution is 1.91. The molecule has 0 fully saturated rings. The third-order valence-electron chi connectivity index (χ3n) is 1.56. The number of carbonyl (C=O) groups is 1. The largest absolute Gasteiger partial charge is 0.464 e. The summed E-state index contributed by atoms with van der Waals surface area (Å²) in [5, 5.41) is 0. The van der Waals surface area contributed by atoms with Crippen LogP contribution in [0.2, 0.25) is 0 Å². The van der Waals surface area contributed by atoms with Crippen molar-refractivity contribution in [1.29, 1.82) is 0 Å². The maximum atomic E-state index is 10.8. The van der Waals surface area contributed by atoms with E-state index in [0.717, 1.165) is 26.1 Å². The lowest BCUT2D eigenvalue weighted by Gasteiger charge is -2.04. The molecule has 14 heavy (non-hydrogen) atoms. The van der Waals surface area contributed by atoms with Gasteiger partial charge < -0.3 is 14.2 Å². The van der Waals surface area contributed by atoms with Crippen LogP contribution in [-0.4, -0.2) is 39.0 Å². The molecule has 0 amide bonds. The summed E-state index contributed by atoms with van der Waals surface area (Å²) in [5.74, 6) is -0.294. The maximum Gasteiger partial charge on any atom is 0.332 e. The van der Waals surface area contributed by atoms with Crippen molar-refractivity contribution in [3.8, 4) is 0 Å². The summed E-state index contributed by atoms with van der Waals surface area (Å²) < 4.78 is 14.9. The van der Waals surface area contributed by atoms with Crippen LogP contribution in [0, 0.1) is 0 Å². The fourth-order valence-corrected chi connectivity index (χ4v) is 0.911. The molecule has 0 aromatic heterocycles.